The van der Waals surface area contributed by atoms with E-state index < -0.39 is 0 Å². The van der Waals surface area contributed by atoms with Gasteiger partial charge in [0.15, 0.2) is 5.96 Å². The van der Waals surface area contributed by atoms with Crippen molar-refractivity contribution in [3.63, 3.8) is 0 Å². The molecule has 24 heavy (non-hydrogen) atoms. The lowest BCUT2D eigenvalue weighted by Crippen LogP contribution is -2.40. The van der Waals surface area contributed by atoms with Crippen molar-refractivity contribution in [1.82, 2.24) is 25.4 Å². The van der Waals surface area contributed by atoms with E-state index in [0.29, 0.717) is 6.54 Å². The fourth-order valence-corrected chi connectivity index (χ4v) is 2.61. The van der Waals surface area contributed by atoms with E-state index in [0.717, 1.165) is 70.3 Å². The number of aliphatic imine (C=N–C) groups is 1. The predicted molar refractivity (Wildman–Crippen MR) is 93.2 cm³/mol. The van der Waals surface area contributed by atoms with Crippen LogP contribution in [0.3, 0.4) is 0 Å². The Morgan fingerprint density at radius 1 is 1.46 bits per heavy atom. The third-order valence-electron chi connectivity index (χ3n) is 3.95. The van der Waals surface area contributed by atoms with Crippen LogP contribution in [0.25, 0.3) is 0 Å². The van der Waals surface area contributed by atoms with Gasteiger partial charge < -0.3 is 24.7 Å². The smallest absolute Gasteiger partial charge is 0.191 e. The summed E-state index contributed by atoms with van der Waals surface area (Å²) in [6, 6.07) is 0. The normalized spacial score (nSPS) is 18.1. The van der Waals surface area contributed by atoms with Crippen LogP contribution >= 0.6 is 0 Å². The van der Waals surface area contributed by atoms with Crippen molar-refractivity contribution in [3.05, 3.63) is 12.2 Å². The van der Waals surface area contributed by atoms with E-state index in [2.05, 4.69) is 37.3 Å². The van der Waals surface area contributed by atoms with Gasteiger partial charge in [-0.15, -0.1) is 10.2 Å². The zero-order chi connectivity index (χ0) is 17.0. The van der Waals surface area contributed by atoms with Gasteiger partial charge in [0.1, 0.15) is 12.2 Å². The molecule has 1 fully saturated rings. The number of nitrogens with one attached hydrogen (secondary N) is 2. The van der Waals surface area contributed by atoms with Gasteiger partial charge in [-0.2, -0.15) is 0 Å². The van der Waals surface area contributed by atoms with Crippen molar-refractivity contribution in [1.29, 1.82) is 0 Å². The van der Waals surface area contributed by atoms with E-state index in [1.807, 2.05) is 0 Å². The van der Waals surface area contributed by atoms with Crippen molar-refractivity contribution in [2.24, 2.45) is 4.99 Å². The summed E-state index contributed by atoms with van der Waals surface area (Å²) in [6.45, 7) is 6.80. The number of aromatic nitrogens is 3. The van der Waals surface area contributed by atoms with Crippen LogP contribution in [0.15, 0.2) is 11.3 Å². The molecule has 0 radical (unpaired) electrons. The highest BCUT2D eigenvalue weighted by Crippen LogP contribution is 2.11. The third kappa shape index (κ3) is 6.45. The van der Waals surface area contributed by atoms with Crippen LogP contribution in [0.4, 0.5) is 0 Å². The molecule has 1 aromatic rings. The van der Waals surface area contributed by atoms with Crippen molar-refractivity contribution in [2.75, 3.05) is 40.0 Å². The number of aryl methyl sites for hydroxylation is 1. The van der Waals surface area contributed by atoms with Crippen molar-refractivity contribution in [2.45, 2.75) is 45.3 Å². The van der Waals surface area contributed by atoms with Gasteiger partial charge in [0, 0.05) is 46.4 Å². The van der Waals surface area contributed by atoms with Crippen molar-refractivity contribution in [3.8, 4) is 0 Å². The second-order valence-electron chi connectivity index (χ2n) is 5.82. The van der Waals surface area contributed by atoms with E-state index in [1.165, 1.54) is 0 Å². The van der Waals surface area contributed by atoms with Gasteiger partial charge in [0.2, 0.25) is 0 Å². The molecule has 8 nitrogen and oxygen atoms in total. The van der Waals surface area contributed by atoms with Crippen LogP contribution in [0.2, 0.25) is 0 Å². The highest BCUT2D eigenvalue weighted by molar-refractivity contribution is 5.79. The predicted octanol–water partition coefficient (Wildman–Crippen LogP) is 0.591. The van der Waals surface area contributed by atoms with E-state index in [1.54, 1.807) is 13.4 Å². The summed E-state index contributed by atoms with van der Waals surface area (Å²) in [5.74, 6) is 1.83. The number of rotatable bonds is 10. The van der Waals surface area contributed by atoms with Crippen LogP contribution < -0.4 is 10.6 Å². The zero-order valence-corrected chi connectivity index (χ0v) is 14.8. The van der Waals surface area contributed by atoms with Crippen molar-refractivity contribution < 1.29 is 9.47 Å². The van der Waals surface area contributed by atoms with E-state index >= 15 is 0 Å². The summed E-state index contributed by atoms with van der Waals surface area (Å²) in [5, 5.41) is 14.8. The number of methoxy groups -OCH3 is 1. The Morgan fingerprint density at radius 2 is 2.33 bits per heavy atom. The molecular formula is C16H30N6O2. The number of hydrogen-bond donors (Lipinski definition) is 2. The summed E-state index contributed by atoms with van der Waals surface area (Å²) >= 11 is 0. The highest BCUT2D eigenvalue weighted by atomic mass is 16.5. The summed E-state index contributed by atoms with van der Waals surface area (Å²) < 4.78 is 12.8. The molecule has 0 aliphatic carbocycles. The molecule has 1 unspecified atom stereocenters. The first kappa shape index (κ1) is 18.7. The average Bonchev–Trinajstić information content (AvgIpc) is 3.27. The van der Waals surface area contributed by atoms with Crippen LogP contribution in [0, 0.1) is 0 Å². The number of hydrogen-bond acceptors (Lipinski definition) is 5. The van der Waals surface area contributed by atoms with Crippen LogP contribution in [0.5, 0.6) is 0 Å². The Morgan fingerprint density at radius 3 is 3.08 bits per heavy atom. The van der Waals surface area contributed by atoms with Gasteiger partial charge in [-0.05, 0) is 19.3 Å². The van der Waals surface area contributed by atoms with Gasteiger partial charge in [-0.3, -0.25) is 4.99 Å². The number of guanidine groups is 1. The molecule has 0 amide bonds. The van der Waals surface area contributed by atoms with Crippen molar-refractivity contribution >= 4 is 5.96 Å². The van der Waals surface area contributed by atoms with Crippen LogP contribution in [0.1, 0.15) is 32.0 Å². The van der Waals surface area contributed by atoms with E-state index in [9.17, 15) is 0 Å². The highest BCUT2D eigenvalue weighted by Gasteiger charge is 2.14. The average molecular weight is 338 g/mol. The first-order chi connectivity index (χ1) is 11.8. The minimum Gasteiger partial charge on any atom is -0.385 e. The Hall–Kier alpha value is -1.67. The molecule has 136 valence electrons. The minimum atomic E-state index is 0.257. The van der Waals surface area contributed by atoms with Gasteiger partial charge in [-0.1, -0.05) is 6.92 Å². The van der Waals surface area contributed by atoms with E-state index in [-0.39, 0.29) is 6.10 Å². The maximum absolute atomic E-state index is 5.64. The van der Waals surface area contributed by atoms with E-state index in [4.69, 9.17) is 9.47 Å². The Balaban J connectivity index is 1.78. The van der Waals surface area contributed by atoms with Crippen LogP contribution in [-0.4, -0.2) is 66.8 Å². The molecule has 1 aliphatic heterocycles. The lowest BCUT2D eigenvalue weighted by atomic mass is 10.2. The molecule has 1 saturated heterocycles. The summed E-state index contributed by atoms with van der Waals surface area (Å²) in [6.07, 6.45) is 6.10. The van der Waals surface area contributed by atoms with Gasteiger partial charge in [-0.25, -0.2) is 0 Å². The lowest BCUT2D eigenvalue weighted by molar-refractivity contribution is 0.117. The summed E-state index contributed by atoms with van der Waals surface area (Å²) in [7, 11) is 1.72. The Labute approximate surface area is 144 Å². The molecule has 2 rings (SSSR count). The fraction of sp³-hybridized carbons (Fsp3) is 0.812. The maximum Gasteiger partial charge on any atom is 0.191 e. The molecule has 0 spiro atoms. The Bertz CT molecular complexity index is 485. The van der Waals surface area contributed by atoms with Gasteiger partial charge in [0.05, 0.1) is 12.6 Å². The Kier molecular flexibility index (Phi) is 8.54. The molecule has 1 atom stereocenters. The monoisotopic (exact) mass is 338 g/mol. The maximum atomic E-state index is 5.64. The molecule has 0 saturated carbocycles. The third-order valence-corrected chi connectivity index (χ3v) is 3.95. The standard InChI is InChI=1S/C16H30N6O2/c1-3-15-21-20-13-22(15)9-8-18-16(17-7-5-10-23-2)19-12-14-6-4-11-24-14/h13-14H,3-12H2,1-2H3,(H2,17,18,19). The first-order valence-corrected chi connectivity index (χ1v) is 8.83. The second kappa shape index (κ2) is 11.0. The topological polar surface area (TPSA) is 85.6 Å². The molecule has 2 heterocycles. The summed E-state index contributed by atoms with van der Waals surface area (Å²) in [5.41, 5.74) is 0. The molecular weight excluding hydrogens is 308 g/mol. The molecule has 0 aromatic carbocycles. The zero-order valence-electron chi connectivity index (χ0n) is 14.8. The number of ether oxygens (including phenoxy) is 2. The lowest BCUT2D eigenvalue weighted by Gasteiger charge is -2.14. The fourth-order valence-electron chi connectivity index (χ4n) is 2.61. The van der Waals surface area contributed by atoms with Gasteiger partial charge in [0.25, 0.3) is 0 Å². The SMILES string of the molecule is CCc1nncn1CCNC(=NCC1CCCO1)NCCCOC. The molecule has 2 N–H and O–H groups in total. The van der Waals surface area contributed by atoms with Crippen LogP contribution in [-0.2, 0) is 22.4 Å². The summed E-state index contributed by atoms with van der Waals surface area (Å²) in [4.78, 5) is 4.65. The number of nitrogens with zero attached hydrogens (tertiary/aromatic N) is 4. The van der Waals surface area contributed by atoms with Gasteiger partial charge >= 0.3 is 0 Å². The quantitative estimate of drug-likeness (QED) is 0.369. The molecule has 1 aliphatic rings. The molecule has 8 heteroatoms. The molecule has 0 bridgehead atoms. The largest absolute Gasteiger partial charge is 0.385 e. The first-order valence-electron chi connectivity index (χ1n) is 8.83. The second-order valence-corrected chi connectivity index (χ2v) is 5.82. The molecule has 1 aromatic heterocycles. The minimum absolute atomic E-state index is 0.257.